The summed E-state index contributed by atoms with van der Waals surface area (Å²) >= 11 is 1.56. The number of ether oxygens (including phenoxy) is 1. The minimum Gasteiger partial charge on any atom is -0.493 e. The van der Waals surface area contributed by atoms with Gasteiger partial charge in [-0.3, -0.25) is 4.79 Å². The first-order valence-electron chi connectivity index (χ1n) is 5.89. The van der Waals surface area contributed by atoms with Crippen LogP contribution in [0.5, 0.6) is 5.75 Å². The van der Waals surface area contributed by atoms with Crippen LogP contribution in [-0.4, -0.2) is 44.7 Å². The fraction of sp³-hybridized carbons (Fsp3) is 0.417. The van der Waals surface area contributed by atoms with Gasteiger partial charge in [-0.2, -0.15) is 11.8 Å². The summed E-state index contributed by atoms with van der Waals surface area (Å²) in [6.45, 7) is 0.424. The van der Waals surface area contributed by atoms with E-state index in [-0.39, 0.29) is 17.9 Å². The maximum atomic E-state index is 11.9. The van der Waals surface area contributed by atoms with Crippen molar-refractivity contribution in [3.8, 4) is 5.75 Å². The van der Waals surface area contributed by atoms with Crippen molar-refractivity contribution in [2.24, 2.45) is 0 Å². The topological polar surface area (TPSA) is 92.7 Å². The Bertz CT molecular complexity index is 527. The molecule has 6 nitrogen and oxygen atoms in total. The first-order valence-corrected chi connectivity index (χ1v) is 8.76. The predicted octanol–water partition coefficient (Wildman–Crippen LogP) is 1.18. The van der Waals surface area contributed by atoms with E-state index < -0.39 is 16.0 Å². The molecule has 112 valence electrons. The van der Waals surface area contributed by atoms with Gasteiger partial charge in [0, 0.05) is 12.3 Å². The number of aliphatic carboxylic acids is 1. The van der Waals surface area contributed by atoms with Crippen molar-refractivity contribution in [1.29, 1.82) is 0 Å². The number of nitrogens with one attached hydrogen (secondary N) is 1. The van der Waals surface area contributed by atoms with Crippen LogP contribution in [0.1, 0.15) is 6.42 Å². The standard InChI is InChI=1S/C12H17NO5S2/c1-19-9-7-13-20(16,17)11-4-2-10(3-5-11)18-8-6-12(14)15/h2-5,13H,6-9H2,1H3,(H,14,15). The van der Waals surface area contributed by atoms with Crippen LogP contribution in [0.15, 0.2) is 29.2 Å². The van der Waals surface area contributed by atoms with Crippen molar-refractivity contribution in [2.45, 2.75) is 11.3 Å². The van der Waals surface area contributed by atoms with Gasteiger partial charge in [-0.05, 0) is 30.5 Å². The quantitative estimate of drug-likeness (QED) is 0.664. The molecule has 20 heavy (non-hydrogen) atoms. The fourth-order valence-corrected chi connectivity index (χ4v) is 2.80. The highest BCUT2D eigenvalue weighted by Gasteiger charge is 2.12. The molecule has 0 saturated heterocycles. The molecule has 0 aromatic heterocycles. The third-order valence-electron chi connectivity index (χ3n) is 2.32. The lowest BCUT2D eigenvalue weighted by molar-refractivity contribution is -0.137. The maximum Gasteiger partial charge on any atom is 0.306 e. The van der Waals surface area contributed by atoms with E-state index in [2.05, 4.69) is 4.72 Å². The zero-order valence-electron chi connectivity index (χ0n) is 11.0. The zero-order valence-corrected chi connectivity index (χ0v) is 12.7. The molecular formula is C12H17NO5S2. The minimum absolute atomic E-state index is 0.0490. The third kappa shape index (κ3) is 5.81. The summed E-state index contributed by atoms with van der Waals surface area (Å²) in [6.07, 6.45) is 1.80. The molecule has 0 amide bonds. The Balaban J connectivity index is 2.59. The van der Waals surface area contributed by atoms with Crippen LogP contribution in [0.2, 0.25) is 0 Å². The number of rotatable bonds is 9. The van der Waals surface area contributed by atoms with Crippen LogP contribution < -0.4 is 9.46 Å². The molecule has 1 aromatic carbocycles. The highest BCUT2D eigenvalue weighted by molar-refractivity contribution is 7.98. The number of carbonyl (C=O) groups is 1. The minimum atomic E-state index is -3.50. The smallest absolute Gasteiger partial charge is 0.306 e. The number of carboxylic acids is 1. The molecule has 0 fully saturated rings. The van der Waals surface area contributed by atoms with Gasteiger partial charge in [-0.1, -0.05) is 0 Å². The summed E-state index contributed by atoms with van der Waals surface area (Å²) in [6, 6.07) is 5.87. The Morgan fingerprint density at radius 3 is 2.55 bits per heavy atom. The summed E-state index contributed by atoms with van der Waals surface area (Å²) in [4.78, 5) is 10.5. The fourth-order valence-electron chi connectivity index (χ4n) is 1.33. The third-order valence-corrected chi connectivity index (χ3v) is 4.41. The normalized spacial score (nSPS) is 11.2. The van der Waals surface area contributed by atoms with Gasteiger partial charge in [0.1, 0.15) is 5.75 Å². The summed E-state index contributed by atoms with van der Waals surface area (Å²) in [7, 11) is -3.50. The van der Waals surface area contributed by atoms with Gasteiger partial charge < -0.3 is 9.84 Å². The maximum absolute atomic E-state index is 11.9. The molecule has 2 N–H and O–H groups in total. The number of carboxylic acid groups (broad SMARTS) is 1. The summed E-state index contributed by atoms with van der Waals surface area (Å²) in [5, 5.41) is 8.48. The van der Waals surface area contributed by atoms with Crippen LogP contribution in [0.25, 0.3) is 0 Å². The number of benzene rings is 1. The van der Waals surface area contributed by atoms with Gasteiger partial charge >= 0.3 is 5.97 Å². The van der Waals surface area contributed by atoms with Gasteiger partial charge in [-0.25, -0.2) is 13.1 Å². The van der Waals surface area contributed by atoms with Gasteiger partial charge in [0.15, 0.2) is 0 Å². The molecule has 0 aliphatic rings. The number of hydrogen-bond acceptors (Lipinski definition) is 5. The van der Waals surface area contributed by atoms with Crippen molar-refractivity contribution < 1.29 is 23.1 Å². The van der Waals surface area contributed by atoms with Crippen LogP contribution in [0.4, 0.5) is 0 Å². The molecule has 8 heteroatoms. The van der Waals surface area contributed by atoms with Crippen LogP contribution >= 0.6 is 11.8 Å². The van der Waals surface area contributed by atoms with E-state index in [1.807, 2.05) is 6.26 Å². The van der Waals surface area contributed by atoms with E-state index in [9.17, 15) is 13.2 Å². The molecule has 0 spiro atoms. The van der Waals surface area contributed by atoms with E-state index in [0.717, 1.165) is 0 Å². The Morgan fingerprint density at radius 1 is 1.35 bits per heavy atom. The van der Waals surface area contributed by atoms with Gasteiger partial charge in [0.25, 0.3) is 0 Å². The number of thioether (sulfide) groups is 1. The van der Waals surface area contributed by atoms with Crippen molar-refractivity contribution in [3.63, 3.8) is 0 Å². The van der Waals surface area contributed by atoms with Crippen LogP contribution in [0, 0.1) is 0 Å². The molecule has 1 rings (SSSR count). The molecule has 0 aliphatic heterocycles. The zero-order chi connectivity index (χ0) is 15.0. The van der Waals surface area contributed by atoms with E-state index in [1.54, 1.807) is 11.8 Å². The van der Waals surface area contributed by atoms with E-state index in [4.69, 9.17) is 9.84 Å². The first kappa shape index (κ1) is 16.8. The molecule has 0 saturated carbocycles. The predicted molar refractivity (Wildman–Crippen MR) is 77.8 cm³/mol. The molecular weight excluding hydrogens is 302 g/mol. The Labute approximate surface area is 122 Å². The summed E-state index contributed by atoms with van der Waals surface area (Å²) in [5.74, 6) is 0.201. The average molecular weight is 319 g/mol. The average Bonchev–Trinajstić information content (AvgIpc) is 2.39. The van der Waals surface area contributed by atoms with E-state index in [0.29, 0.717) is 18.0 Å². The molecule has 0 radical (unpaired) electrons. The van der Waals surface area contributed by atoms with Gasteiger partial charge in [0.05, 0.1) is 17.9 Å². The van der Waals surface area contributed by atoms with Crippen molar-refractivity contribution in [1.82, 2.24) is 4.72 Å². The highest BCUT2D eigenvalue weighted by Crippen LogP contribution is 2.16. The summed E-state index contributed by atoms with van der Waals surface area (Å²) < 4.78 is 31.4. The lowest BCUT2D eigenvalue weighted by Gasteiger charge is -2.08. The van der Waals surface area contributed by atoms with E-state index in [1.165, 1.54) is 24.3 Å². The molecule has 0 aliphatic carbocycles. The Kier molecular flexibility index (Phi) is 6.83. The molecule has 0 bridgehead atoms. The van der Waals surface area contributed by atoms with Crippen molar-refractivity contribution >= 4 is 27.8 Å². The van der Waals surface area contributed by atoms with Gasteiger partial charge in [-0.15, -0.1) is 0 Å². The summed E-state index contributed by atoms with van der Waals surface area (Å²) in [5.41, 5.74) is 0. The monoisotopic (exact) mass is 319 g/mol. The SMILES string of the molecule is CSCCNS(=O)(=O)c1ccc(OCCC(=O)O)cc1. The highest BCUT2D eigenvalue weighted by atomic mass is 32.2. The second-order valence-corrected chi connectivity index (χ2v) is 6.61. The number of sulfonamides is 1. The van der Waals surface area contributed by atoms with E-state index >= 15 is 0 Å². The molecule has 0 unspecified atom stereocenters. The molecule has 0 heterocycles. The van der Waals surface area contributed by atoms with Crippen LogP contribution in [-0.2, 0) is 14.8 Å². The second-order valence-electron chi connectivity index (χ2n) is 3.85. The lowest BCUT2D eigenvalue weighted by Crippen LogP contribution is -2.25. The van der Waals surface area contributed by atoms with Crippen LogP contribution in [0.3, 0.4) is 0 Å². The second kappa shape index (κ2) is 8.13. The van der Waals surface area contributed by atoms with Gasteiger partial charge in [0.2, 0.25) is 10.0 Å². The number of hydrogen-bond donors (Lipinski definition) is 2. The lowest BCUT2D eigenvalue weighted by atomic mass is 10.3. The van der Waals surface area contributed by atoms with Crippen molar-refractivity contribution in [2.75, 3.05) is 25.2 Å². The first-order chi connectivity index (χ1) is 9.45. The Morgan fingerprint density at radius 2 is 2.00 bits per heavy atom. The largest absolute Gasteiger partial charge is 0.493 e. The Hall–Kier alpha value is -1.25. The molecule has 0 atom stereocenters. The molecule has 1 aromatic rings. The van der Waals surface area contributed by atoms with Crippen molar-refractivity contribution in [3.05, 3.63) is 24.3 Å².